The maximum absolute atomic E-state index is 5.37. The Bertz CT molecular complexity index is 585. The number of piperidine rings is 1. The smallest absolute Gasteiger partial charge is 0.232 e. The Morgan fingerprint density at radius 3 is 2.91 bits per heavy atom. The first kappa shape index (κ1) is 15.1. The lowest BCUT2D eigenvalue weighted by Crippen LogP contribution is -2.37. The molecule has 7 heteroatoms. The summed E-state index contributed by atoms with van der Waals surface area (Å²) in [5.74, 6) is 2.09. The minimum Gasteiger partial charge on any atom is -0.339 e. The van der Waals surface area contributed by atoms with E-state index in [1.807, 2.05) is 4.68 Å². The van der Waals surface area contributed by atoms with Gasteiger partial charge in [0.2, 0.25) is 5.89 Å². The summed E-state index contributed by atoms with van der Waals surface area (Å²) in [5.41, 5.74) is -0.0945. The SMILES string of the molecule is CC(C)(C)c1nc(CN2CCC[C@@H](Cn3cncn3)C2)no1. The van der Waals surface area contributed by atoms with E-state index in [-0.39, 0.29) is 5.41 Å². The number of hydrogen-bond acceptors (Lipinski definition) is 6. The van der Waals surface area contributed by atoms with Crippen molar-refractivity contribution < 1.29 is 4.52 Å². The van der Waals surface area contributed by atoms with Crippen molar-refractivity contribution in [2.24, 2.45) is 5.92 Å². The van der Waals surface area contributed by atoms with E-state index >= 15 is 0 Å². The van der Waals surface area contributed by atoms with Crippen molar-refractivity contribution in [1.29, 1.82) is 0 Å². The van der Waals surface area contributed by atoms with Gasteiger partial charge in [-0.15, -0.1) is 0 Å². The Hall–Kier alpha value is -1.76. The van der Waals surface area contributed by atoms with Crippen molar-refractivity contribution in [2.45, 2.75) is 52.1 Å². The van der Waals surface area contributed by atoms with Crippen molar-refractivity contribution >= 4 is 0 Å². The third-order valence-corrected chi connectivity index (χ3v) is 3.99. The Labute approximate surface area is 130 Å². The molecule has 2 aromatic heterocycles. The molecule has 0 spiro atoms. The van der Waals surface area contributed by atoms with Crippen LogP contribution in [0.2, 0.25) is 0 Å². The van der Waals surface area contributed by atoms with Gasteiger partial charge in [0.25, 0.3) is 0 Å². The molecule has 0 unspecified atom stereocenters. The van der Waals surface area contributed by atoms with Crippen LogP contribution in [0.1, 0.15) is 45.3 Å². The van der Waals surface area contributed by atoms with Gasteiger partial charge in [-0.3, -0.25) is 9.58 Å². The molecule has 0 N–H and O–H groups in total. The van der Waals surface area contributed by atoms with Crippen molar-refractivity contribution in [3.8, 4) is 0 Å². The first-order valence-electron chi connectivity index (χ1n) is 7.88. The molecule has 0 bridgehead atoms. The standard InChI is InChI=1S/C15H24N6O/c1-15(2,3)14-18-13(19-22-14)9-20-6-4-5-12(7-20)8-21-11-16-10-17-21/h10-12H,4-9H2,1-3H3/t12-/m1/s1. The van der Waals surface area contributed by atoms with Crippen molar-refractivity contribution in [3.05, 3.63) is 24.4 Å². The quantitative estimate of drug-likeness (QED) is 0.858. The average molecular weight is 304 g/mol. The molecule has 1 fully saturated rings. The second-order valence-corrected chi connectivity index (χ2v) is 7.13. The highest BCUT2D eigenvalue weighted by Crippen LogP contribution is 2.22. The monoisotopic (exact) mass is 304 g/mol. The van der Waals surface area contributed by atoms with Gasteiger partial charge in [0, 0.05) is 18.5 Å². The topological polar surface area (TPSA) is 72.9 Å². The predicted molar refractivity (Wildman–Crippen MR) is 81.0 cm³/mol. The predicted octanol–water partition coefficient (Wildman–Crippen LogP) is 1.87. The van der Waals surface area contributed by atoms with Gasteiger partial charge in [0.1, 0.15) is 12.7 Å². The molecule has 1 atom stereocenters. The van der Waals surface area contributed by atoms with Crippen LogP contribution in [-0.4, -0.2) is 42.9 Å². The van der Waals surface area contributed by atoms with Gasteiger partial charge < -0.3 is 4.52 Å². The molecule has 3 rings (SSSR count). The van der Waals surface area contributed by atoms with Crippen molar-refractivity contribution in [3.63, 3.8) is 0 Å². The molecular formula is C15H24N6O. The molecule has 7 nitrogen and oxygen atoms in total. The first-order valence-corrected chi connectivity index (χ1v) is 7.88. The minimum absolute atomic E-state index is 0.0945. The minimum atomic E-state index is -0.0945. The third-order valence-electron chi connectivity index (χ3n) is 3.99. The zero-order valence-electron chi connectivity index (χ0n) is 13.6. The van der Waals surface area contributed by atoms with E-state index in [1.54, 1.807) is 12.7 Å². The fraction of sp³-hybridized carbons (Fsp3) is 0.733. The molecule has 22 heavy (non-hydrogen) atoms. The normalized spacial score (nSPS) is 20.4. The van der Waals surface area contributed by atoms with E-state index in [0.717, 1.165) is 32.0 Å². The summed E-state index contributed by atoms with van der Waals surface area (Å²) in [6, 6.07) is 0. The summed E-state index contributed by atoms with van der Waals surface area (Å²) in [5, 5.41) is 8.32. The maximum Gasteiger partial charge on any atom is 0.232 e. The Morgan fingerprint density at radius 2 is 2.23 bits per heavy atom. The highest BCUT2D eigenvalue weighted by Gasteiger charge is 2.25. The number of hydrogen-bond donors (Lipinski definition) is 0. The highest BCUT2D eigenvalue weighted by atomic mass is 16.5. The molecule has 2 aromatic rings. The van der Waals surface area contributed by atoms with Crippen LogP contribution in [0.4, 0.5) is 0 Å². The van der Waals surface area contributed by atoms with E-state index in [0.29, 0.717) is 11.8 Å². The number of rotatable bonds is 4. The van der Waals surface area contributed by atoms with Gasteiger partial charge in [-0.05, 0) is 25.3 Å². The Kier molecular flexibility index (Phi) is 4.24. The number of nitrogens with zero attached hydrogens (tertiary/aromatic N) is 6. The van der Waals surface area contributed by atoms with E-state index in [1.165, 1.54) is 12.8 Å². The van der Waals surface area contributed by atoms with Crippen LogP contribution in [0.5, 0.6) is 0 Å². The maximum atomic E-state index is 5.37. The lowest BCUT2D eigenvalue weighted by Gasteiger charge is -2.31. The van der Waals surface area contributed by atoms with Crippen molar-refractivity contribution in [2.75, 3.05) is 13.1 Å². The van der Waals surface area contributed by atoms with Gasteiger partial charge in [-0.2, -0.15) is 10.1 Å². The molecule has 3 heterocycles. The molecule has 0 amide bonds. The Balaban J connectivity index is 1.57. The lowest BCUT2D eigenvalue weighted by atomic mass is 9.97. The molecule has 0 aromatic carbocycles. The molecule has 1 aliphatic heterocycles. The first-order chi connectivity index (χ1) is 10.5. The fourth-order valence-electron chi connectivity index (χ4n) is 2.86. The summed E-state index contributed by atoms with van der Waals surface area (Å²) in [4.78, 5) is 10.9. The van der Waals surface area contributed by atoms with E-state index in [2.05, 4.69) is 45.9 Å². The van der Waals surface area contributed by atoms with Crippen LogP contribution in [0.25, 0.3) is 0 Å². The van der Waals surface area contributed by atoms with Crippen LogP contribution in [-0.2, 0) is 18.5 Å². The molecule has 0 radical (unpaired) electrons. The number of aromatic nitrogens is 5. The summed E-state index contributed by atoms with van der Waals surface area (Å²) in [6.45, 7) is 10.1. The van der Waals surface area contributed by atoms with Crippen LogP contribution in [0.3, 0.4) is 0 Å². The largest absolute Gasteiger partial charge is 0.339 e. The number of likely N-dealkylation sites (tertiary alicyclic amines) is 1. The fourth-order valence-corrected chi connectivity index (χ4v) is 2.86. The zero-order chi connectivity index (χ0) is 15.6. The van der Waals surface area contributed by atoms with Crippen molar-refractivity contribution in [1.82, 2.24) is 29.8 Å². The van der Waals surface area contributed by atoms with Crippen LogP contribution >= 0.6 is 0 Å². The summed E-state index contributed by atoms with van der Waals surface area (Å²) in [7, 11) is 0. The molecule has 1 saturated heterocycles. The Morgan fingerprint density at radius 1 is 1.36 bits per heavy atom. The van der Waals surface area contributed by atoms with Gasteiger partial charge in [-0.1, -0.05) is 25.9 Å². The second-order valence-electron chi connectivity index (χ2n) is 7.13. The van der Waals surface area contributed by atoms with Gasteiger partial charge in [0.15, 0.2) is 5.82 Å². The zero-order valence-corrected chi connectivity index (χ0v) is 13.6. The van der Waals surface area contributed by atoms with E-state index in [9.17, 15) is 0 Å². The molecule has 1 aliphatic rings. The molecule has 120 valence electrons. The third kappa shape index (κ3) is 3.71. The van der Waals surface area contributed by atoms with Gasteiger partial charge >= 0.3 is 0 Å². The molecular weight excluding hydrogens is 280 g/mol. The van der Waals surface area contributed by atoms with E-state index in [4.69, 9.17) is 4.52 Å². The van der Waals surface area contributed by atoms with E-state index < -0.39 is 0 Å². The molecule has 0 saturated carbocycles. The highest BCUT2D eigenvalue weighted by molar-refractivity contribution is 4.98. The van der Waals surface area contributed by atoms with Gasteiger partial charge in [-0.25, -0.2) is 4.98 Å². The van der Waals surface area contributed by atoms with Crippen LogP contribution in [0, 0.1) is 5.92 Å². The summed E-state index contributed by atoms with van der Waals surface area (Å²) < 4.78 is 7.29. The lowest BCUT2D eigenvalue weighted by molar-refractivity contribution is 0.149. The van der Waals surface area contributed by atoms with Crippen LogP contribution in [0.15, 0.2) is 17.2 Å². The molecule has 0 aliphatic carbocycles. The summed E-state index contributed by atoms with van der Waals surface area (Å²) in [6.07, 6.45) is 5.81. The average Bonchev–Trinajstić information content (AvgIpc) is 3.10. The van der Waals surface area contributed by atoms with Crippen LogP contribution < -0.4 is 0 Å². The van der Waals surface area contributed by atoms with Gasteiger partial charge in [0.05, 0.1) is 6.54 Å². The second kappa shape index (κ2) is 6.16. The summed E-state index contributed by atoms with van der Waals surface area (Å²) >= 11 is 0.